The maximum absolute atomic E-state index is 14.1. The average Bonchev–Trinajstić information content (AvgIpc) is 3.20. The van der Waals surface area contributed by atoms with Crippen molar-refractivity contribution in [2.24, 2.45) is 0 Å². The number of ether oxygens (including phenoxy) is 2. The van der Waals surface area contributed by atoms with E-state index in [0.29, 0.717) is 28.5 Å². The zero-order valence-electron chi connectivity index (χ0n) is 11.9. The van der Waals surface area contributed by atoms with E-state index in [1.54, 1.807) is 36.4 Å². The van der Waals surface area contributed by atoms with Gasteiger partial charge in [0.2, 0.25) is 6.79 Å². The maximum atomic E-state index is 14.1. The molecule has 0 spiro atoms. The van der Waals surface area contributed by atoms with Gasteiger partial charge < -0.3 is 14.6 Å². The third-order valence-corrected chi connectivity index (χ3v) is 3.62. The topological polar surface area (TPSA) is 69.4 Å². The van der Waals surface area contributed by atoms with Crippen molar-refractivity contribution < 1.29 is 19.0 Å². The molecule has 23 heavy (non-hydrogen) atoms. The highest BCUT2D eigenvalue weighted by Crippen LogP contribution is 2.37. The zero-order valence-corrected chi connectivity index (χ0v) is 11.9. The van der Waals surface area contributed by atoms with Crippen LogP contribution in [0.5, 0.6) is 11.5 Å². The summed E-state index contributed by atoms with van der Waals surface area (Å²) in [6, 6.07) is 11.6. The Balaban J connectivity index is 1.91. The lowest BCUT2D eigenvalue weighted by molar-refractivity contribution is 0.174. The molecule has 0 atom stereocenters. The Morgan fingerprint density at radius 2 is 1.96 bits per heavy atom. The molecular weight excluding hydrogens is 301 g/mol. The molecule has 0 bridgehead atoms. The highest BCUT2D eigenvalue weighted by Gasteiger charge is 2.21. The molecule has 0 radical (unpaired) electrons. The summed E-state index contributed by atoms with van der Waals surface area (Å²) in [4.78, 5) is 0. The van der Waals surface area contributed by atoms with E-state index in [4.69, 9.17) is 9.47 Å². The molecule has 0 saturated heterocycles. The lowest BCUT2D eigenvalue weighted by Crippen LogP contribution is -2.02. The number of aliphatic hydroxyl groups is 1. The van der Waals surface area contributed by atoms with Crippen LogP contribution in [-0.2, 0) is 6.61 Å². The van der Waals surface area contributed by atoms with E-state index in [2.05, 4.69) is 10.3 Å². The summed E-state index contributed by atoms with van der Waals surface area (Å²) in [5.41, 5.74) is 1.82. The lowest BCUT2D eigenvalue weighted by atomic mass is 10.1. The summed E-state index contributed by atoms with van der Waals surface area (Å²) < 4.78 is 26.1. The van der Waals surface area contributed by atoms with E-state index in [-0.39, 0.29) is 19.1 Å². The molecule has 7 heteroatoms. The number of para-hydroxylation sites is 1. The fourth-order valence-electron chi connectivity index (χ4n) is 2.54. The molecule has 0 saturated carbocycles. The Morgan fingerprint density at radius 1 is 1.13 bits per heavy atom. The first-order valence-electron chi connectivity index (χ1n) is 6.98. The lowest BCUT2D eigenvalue weighted by Gasteiger charge is -2.09. The van der Waals surface area contributed by atoms with Gasteiger partial charge in [0.25, 0.3) is 0 Å². The largest absolute Gasteiger partial charge is 0.454 e. The first kappa shape index (κ1) is 13.7. The third-order valence-electron chi connectivity index (χ3n) is 3.62. The second-order valence-corrected chi connectivity index (χ2v) is 4.97. The summed E-state index contributed by atoms with van der Waals surface area (Å²) in [5.74, 6) is 0.806. The SMILES string of the molecule is OCc1nnn(-c2ccccc2F)c1-c1ccc2c(c1)OCO2. The van der Waals surface area contributed by atoms with Gasteiger partial charge in [0, 0.05) is 5.56 Å². The smallest absolute Gasteiger partial charge is 0.231 e. The van der Waals surface area contributed by atoms with Crippen molar-refractivity contribution in [3.05, 3.63) is 54.0 Å². The van der Waals surface area contributed by atoms with Crippen LogP contribution in [-0.4, -0.2) is 26.9 Å². The van der Waals surface area contributed by atoms with Crippen LogP contribution in [0.4, 0.5) is 4.39 Å². The number of fused-ring (bicyclic) bond motifs is 1. The van der Waals surface area contributed by atoms with Gasteiger partial charge in [-0.3, -0.25) is 0 Å². The minimum absolute atomic E-state index is 0.163. The van der Waals surface area contributed by atoms with Gasteiger partial charge in [-0.1, -0.05) is 17.3 Å². The van der Waals surface area contributed by atoms with Crippen LogP contribution in [0.1, 0.15) is 5.69 Å². The van der Waals surface area contributed by atoms with Gasteiger partial charge in [0.1, 0.15) is 22.9 Å². The Bertz CT molecular complexity index is 879. The highest BCUT2D eigenvalue weighted by atomic mass is 19.1. The molecule has 1 aliphatic rings. The van der Waals surface area contributed by atoms with Crippen molar-refractivity contribution in [3.8, 4) is 28.4 Å². The fourth-order valence-corrected chi connectivity index (χ4v) is 2.54. The van der Waals surface area contributed by atoms with E-state index in [1.165, 1.54) is 10.7 Å². The summed E-state index contributed by atoms with van der Waals surface area (Å²) in [5, 5.41) is 17.5. The number of halogens is 1. The molecule has 4 rings (SSSR count). The number of aliphatic hydroxyl groups excluding tert-OH is 1. The Hall–Kier alpha value is -2.93. The molecule has 3 aromatic rings. The average molecular weight is 313 g/mol. The standard InChI is InChI=1S/C16H12FN3O3/c17-11-3-1-2-4-13(11)20-16(12(8-21)18-19-20)10-5-6-14-15(7-10)23-9-22-14/h1-7,21H,8-9H2. The van der Waals surface area contributed by atoms with Crippen molar-refractivity contribution >= 4 is 0 Å². The quantitative estimate of drug-likeness (QED) is 0.803. The van der Waals surface area contributed by atoms with Gasteiger partial charge >= 0.3 is 0 Å². The minimum atomic E-state index is -0.427. The predicted octanol–water partition coefficient (Wildman–Crippen LogP) is 2.29. The van der Waals surface area contributed by atoms with E-state index in [1.807, 2.05) is 0 Å². The van der Waals surface area contributed by atoms with Crippen LogP contribution >= 0.6 is 0 Å². The number of rotatable bonds is 3. The third kappa shape index (κ3) is 2.22. The summed E-state index contributed by atoms with van der Waals surface area (Å²) in [6.45, 7) is -0.144. The molecule has 2 aromatic carbocycles. The fraction of sp³-hybridized carbons (Fsp3) is 0.125. The van der Waals surface area contributed by atoms with Gasteiger partial charge in [-0.2, -0.15) is 0 Å². The first-order chi connectivity index (χ1) is 11.3. The summed E-state index contributed by atoms with van der Waals surface area (Å²) in [6.07, 6.45) is 0. The molecule has 1 N–H and O–H groups in total. The van der Waals surface area contributed by atoms with Crippen molar-refractivity contribution in [1.29, 1.82) is 0 Å². The van der Waals surface area contributed by atoms with Crippen LogP contribution in [0.15, 0.2) is 42.5 Å². The van der Waals surface area contributed by atoms with Crippen molar-refractivity contribution in [2.45, 2.75) is 6.61 Å². The molecule has 0 amide bonds. The molecule has 1 aliphatic heterocycles. The van der Waals surface area contributed by atoms with Crippen molar-refractivity contribution in [2.75, 3.05) is 6.79 Å². The first-order valence-corrected chi connectivity index (χ1v) is 6.98. The van der Waals surface area contributed by atoms with Crippen LogP contribution in [0.25, 0.3) is 16.9 Å². The maximum Gasteiger partial charge on any atom is 0.231 e. The van der Waals surface area contributed by atoms with Gasteiger partial charge in [-0.25, -0.2) is 9.07 Å². The second kappa shape index (κ2) is 5.36. The van der Waals surface area contributed by atoms with Crippen molar-refractivity contribution in [3.63, 3.8) is 0 Å². The van der Waals surface area contributed by atoms with Gasteiger partial charge in [-0.15, -0.1) is 5.10 Å². The molecular formula is C16H12FN3O3. The van der Waals surface area contributed by atoms with Crippen LogP contribution in [0.3, 0.4) is 0 Å². The monoisotopic (exact) mass is 313 g/mol. The second-order valence-electron chi connectivity index (χ2n) is 4.97. The number of nitrogens with zero attached hydrogens (tertiary/aromatic N) is 3. The number of aromatic nitrogens is 3. The van der Waals surface area contributed by atoms with E-state index >= 15 is 0 Å². The molecule has 1 aromatic heterocycles. The Labute approximate surface area is 130 Å². The summed E-state index contributed by atoms with van der Waals surface area (Å²) in [7, 11) is 0. The molecule has 0 aliphatic carbocycles. The Kier molecular flexibility index (Phi) is 3.20. The molecule has 2 heterocycles. The number of hydrogen-bond donors (Lipinski definition) is 1. The minimum Gasteiger partial charge on any atom is -0.454 e. The zero-order chi connectivity index (χ0) is 15.8. The number of hydrogen-bond acceptors (Lipinski definition) is 5. The van der Waals surface area contributed by atoms with Crippen molar-refractivity contribution in [1.82, 2.24) is 15.0 Å². The predicted molar refractivity (Wildman–Crippen MR) is 78.8 cm³/mol. The van der Waals surface area contributed by atoms with Gasteiger partial charge in [0.05, 0.1) is 6.61 Å². The normalized spacial score (nSPS) is 12.6. The van der Waals surface area contributed by atoms with Crippen LogP contribution < -0.4 is 9.47 Å². The van der Waals surface area contributed by atoms with E-state index in [0.717, 1.165) is 0 Å². The van der Waals surface area contributed by atoms with E-state index < -0.39 is 5.82 Å². The molecule has 0 unspecified atom stereocenters. The molecule has 0 fully saturated rings. The Morgan fingerprint density at radius 3 is 2.78 bits per heavy atom. The highest BCUT2D eigenvalue weighted by molar-refractivity contribution is 5.68. The van der Waals surface area contributed by atoms with Crippen LogP contribution in [0, 0.1) is 5.82 Å². The van der Waals surface area contributed by atoms with Crippen LogP contribution in [0.2, 0.25) is 0 Å². The summed E-state index contributed by atoms with van der Waals surface area (Å²) >= 11 is 0. The molecule has 116 valence electrons. The number of benzene rings is 2. The van der Waals surface area contributed by atoms with Gasteiger partial charge in [-0.05, 0) is 30.3 Å². The molecule has 6 nitrogen and oxygen atoms in total. The van der Waals surface area contributed by atoms with Gasteiger partial charge in [0.15, 0.2) is 11.5 Å². The van der Waals surface area contributed by atoms with E-state index in [9.17, 15) is 9.50 Å².